The van der Waals surface area contributed by atoms with Gasteiger partial charge in [-0.15, -0.1) is 24.0 Å². The summed E-state index contributed by atoms with van der Waals surface area (Å²) < 4.78 is 37.2. The molecule has 1 aliphatic heterocycles. The Labute approximate surface area is 170 Å². The topological polar surface area (TPSA) is 63.9 Å². The number of nitrogens with one attached hydrogen (secondary N) is 1. The van der Waals surface area contributed by atoms with Crippen molar-refractivity contribution in [2.24, 2.45) is 10.9 Å². The quantitative estimate of drug-likeness (QED) is 0.251. The highest BCUT2D eigenvalue weighted by Crippen LogP contribution is 2.17. The Morgan fingerprint density at radius 2 is 2.27 bits per heavy atom. The third-order valence-corrected chi connectivity index (χ3v) is 4.04. The summed E-state index contributed by atoms with van der Waals surface area (Å²) in [6, 6.07) is 0. The molecular weight excluding hydrogens is 459 g/mol. The number of alkyl halides is 2. The number of aromatic nitrogens is 2. The number of aliphatic imine (C=N–C) groups is 1. The van der Waals surface area contributed by atoms with E-state index in [4.69, 9.17) is 9.47 Å². The number of hydrogen-bond donors (Lipinski definition) is 1. The second kappa shape index (κ2) is 12.4. The summed E-state index contributed by atoms with van der Waals surface area (Å²) in [6.07, 6.45) is 3.65. The maximum Gasteiger partial charge on any atom is 0.319 e. The van der Waals surface area contributed by atoms with Crippen molar-refractivity contribution in [3.8, 4) is 0 Å². The van der Waals surface area contributed by atoms with Crippen LogP contribution in [0.1, 0.15) is 25.7 Å². The van der Waals surface area contributed by atoms with Crippen LogP contribution in [0.15, 0.2) is 17.4 Å². The molecule has 1 aliphatic rings. The van der Waals surface area contributed by atoms with Crippen LogP contribution in [0.2, 0.25) is 0 Å². The molecular formula is C16H28F2IN5O2. The third-order valence-electron chi connectivity index (χ3n) is 4.04. The summed E-state index contributed by atoms with van der Waals surface area (Å²) in [5.41, 5.74) is 0. The van der Waals surface area contributed by atoms with E-state index in [-0.39, 0.29) is 36.3 Å². The molecule has 1 unspecified atom stereocenters. The van der Waals surface area contributed by atoms with Gasteiger partial charge in [-0.25, -0.2) is 9.98 Å². The van der Waals surface area contributed by atoms with Gasteiger partial charge in [-0.1, -0.05) is 0 Å². The number of hydrogen-bond acceptors (Lipinski definition) is 4. The fourth-order valence-corrected chi connectivity index (χ4v) is 2.77. The average molecular weight is 487 g/mol. The molecule has 7 nitrogen and oxygen atoms in total. The summed E-state index contributed by atoms with van der Waals surface area (Å²) in [6.45, 7) is 3.80. The molecule has 0 amide bonds. The van der Waals surface area contributed by atoms with E-state index >= 15 is 0 Å². The van der Waals surface area contributed by atoms with Crippen molar-refractivity contribution < 1.29 is 18.3 Å². The standard InChI is InChI=1S/C16H27F2N5O2.HI/c1-3-19-16(21-10-14-20-5-7-23(14)15(17)18)22-6-4-13(11-22)12-25-9-8-24-2;/h5,7,13,15H,3-4,6,8-12H2,1-2H3,(H,19,21);1H. The molecule has 1 aromatic rings. The van der Waals surface area contributed by atoms with Gasteiger partial charge >= 0.3 is 6.55 Å². The van der Waals surface area contributed by atoms with Gasteiger partial charge in [-0.05, 0) is 13.3 Å². The molecule has 0 spiro atoms. The average Bonchev–Trinajstić information content (AvgIpc) is 3.25. The highest BCUT2D eigenvalue weighted by molar-refractivity contribution is 14.0. The molecule has 1 N–H and O–H groups in total. The minimum absolute atomic E-state index is 0. The van der Waals surface area contributed by atoms with Gasteiger partial charge in [0.15, 0.2) is 5.96 Å². The van der Waals surface area contributed by atoms with Gasteiger partial charge in [-0.3, -0.25) is 4.57 Å². The van der Waals surface area contributed by atoms with Crippen molar-refractivity contribution in [3.05, 3.63) is 18.2 Å². The summed E-state index contributed by atoms with van der Waals surface area (Å²) in [4.78, 5) is 10.6. The molecule has 26 heavy (non-hydrogen) atoms. The van der Waals surface area contributed by atoms with Crippen LogP contribution in [0.4, 0.5) is 8.78 Å². The monoisotopic (exact) mass is 487 g/mol. The molecule has 0 radical (unpaired) electrons. The van der Waals surface area contributed by atoms with E-state index in [0.29, 0.717) is 32.3 Å². The summed E-state index contributed by atoms with van der Waals surface area (Å²) in [5, 5.41) is 3.22. The number of nitrogens with zero attached hydrogens (tertiary/aromatic N) is 4. The van der Waals surface area contributed by atoms with Crippen LogP contribution in [-0.4, -0.2) is 67.0 Å². The maximum absolute atomic E-state index is 12.9. The first-order valence-electron chi connectivity index (χ1n) is 8.55. The molecule has 1 saturated heterocycles. The van der Waals surface area contributed by atoms with Crippen LogP contribution in [0, 0.1) is 5.92 Å². The zero-order valence-electron chi connectivity index (χ0n) is 15.2. The van der Waals surface area contributed by atoms with Crippen LogP contribution >= 0.6 is 24.0 Å². The summed E-state index contributed by atoms with van der Waals surface area (Å²) >= 11 is 0. The Hall–Kier alpha value is -1.01. The lowest BCUT2D eigenvalue weighted by Crippen LogP contribution is -2.40. The van der Waals surface area contributed by atoms with Crippen LogP contribution in [0.5, 0.6) is 0 Å². The van der Waals surface area contributed by atoms with Crippen molar-refractivity contribution in [3.63, 3.8) is 0 Å². The molecule has 2 rings (SSSR count). The normalized spacial score (nSPS) is 17.7. The Bertz CT molecular complexity index is 544. The predicted molar refractivity (Wildman–Crippen MR) is 106 cm³/mol. The number of rotatable bonds is 9. The number of imidazole rings is 1. The van der Waals surface area contributed by atoms with Gasteiger partial charge in [0.2, 0.25) is 0 Å². The molecule has 0 saturated carbocycles. The molecule has 10 heteroatoms. The van der Waals surface area contributed by atoms with Gasteiger partial charge in [-0.2, -0.15) is 8.78 Å². The van der Waals surface area contributed by atoms with Crippen molar-refractivity contribution in [1.29, 1.82) is 0 Å². The van der Waals surface area contributed by atoms with Crippen LogP contribution in [0.3, 0.4) is 0 Å². The largest absolute Gasteiger partial charge is 0.382 e. The second-order valence-electron chi connectivity index (χ2n) is 5.87. The smallest absolute Gasteiger partial charge is 0.319 e. The van der Waals surface area contributed by atoms with E-state index in [1.165, 1.54) is 12.4 Å². The summed E-state index contributed by atoms with van der Waals surface area (Å²) in [5.74, 6) is 1.42. The van der Waals surface area contributed by atoms with E-state index < -0.39 is 6.55 Å². The van der Waals surface area contributed by atoms with E-state index in [0.717, 1.165) is 30.0 Å². The van der Waals surface area contributed by atoms with Crippen molar-refractivity contribution in [1.82, 2.24) is 19.8 Å². The van der Waals surface area contributed by atoms with Gasteiger partial charge in [0.1, 0.15) is 12.4 Å². The lowest BCUT2D eigenvalue weighted by Gasteiger charge is -2.21. The molecule has 0 aliphatic carbocycles. The van der Waals surface area contributed by atoms with Crippen molar-refractivity contribution >= 4 is 29.9 Å². The van der Waals surface area contributed by atoms with E-state index in [1.807, 2.05) is 6.92 Å². The number of methoxy groups -OCH3 is 1. The van der Waals surface area contributed by atoms with E-state index in [1.54, 1.807) is 7.11 Å². The first kappa shape index (κ1) is 23.0. The predicted octanol–water partition coefficient (Wildman–Crippen LogP) is 2.35. The highest BCUT2D eigenvalue weighted by atomic mass is 127. The van der Waals surface area contributed by atoms with Crippen molar-refractivity contribution in [2.45, 2.75) is 26.4 Å². The molecule has 0 bridgehead atoms. The second-order valence-corrected chi connectivity index (χ2v) is 5.87. The Kier molecular flexibility index (Phi) is 11.0. The van der Waals surface area contributed by atoms with Crippen LogP contribution < -0.4 is 5.32 Å². The van der Waals surface area contributed by atoms with Crippen LogP contribution in [0.25, 0.3) is 0 Å². The first-order chi connectivity index (χ1) is 12.2. The molecule has 1 aromatic heterocycles. The zero-order chi connectivity index (χ0) is 18.1. The molecule has 150 valence electrons. The van der Waals surface area contributed by atoms with Gasteiger partial charge < -0.3 is 19.7 Å². The molecule has 1 atom stereocenters. The Balaban J connectivity index is 0.00000338. The minimum atomic E-state index is -2.60. The fraction of sp³-hybridized carbons (Fsp3) is 0.750. The number of likely N-dealkylation sites (tertiary alicyclic amines) is 1. The first-order valence-corrected chi connectivity index (χ1v) is 8.55. The highest BCUT2D eigenvalue weighted by Gasteiger charge is 2.25. The lowest BCUT2D eigenvalue weighted by atomic mass is 10.1. The van der Waals surface area contributed by atoms with Crippen LogP contribution in [-0.2, 0) is 16.0 Å². The third kappa shape index (κ3) is 6.95. The van der Waals surface area contributed by atoms with E-state index in [2.05, 4.69) is 20.2 Å². The number of guanidine groups is 1. The number of halogens is 3. The molecule has 1 fully saturated rings. The maximum atomic E-state index is 12.9. The minimum Gasteiger partial charge on any atom is -0.382 e. The lowest BCUT2D eigenvalue weighted by molar-refractivity contribution is 0.0536. The van der Waals surface area contributed by atoms with Gasteiger partial charge in [0, 0.05) is 45.1 Å². The Morgan fingerprint density at radius 3 is 2.96 bits per heavy atom. The molecule has 2 heterocycles. The van der Waals surface area contributed by atoms with Crippen molar-refractivity contribution in [2.75, 3.05) is 46.6 Å². The van der Waals surface area contributed by atoms with Gasteiger partial charge in [0.05, 0.1) is 19.8 Å². The summed E-state index contributed by atoms with van der Waals surface area (Å²) in [7, 11) is 1.65. The number of ether oxygens (including phenoxy) is 2. The van der Waals surface area contributed by atoms with Gasteiger partial charge in [0.25, 0.3) is 0 Å². The SMILES string of the molecule is CCNC(=NCc1nccn1C(F)F)N1CCC(COCCOC)C1.I. The van der Waals surface area contributed by atoms with E-state index in [9.17, 15) is 8.78 Å². The fourth-order valence-electron chi connectivity index (χ4n) is 2.77. The zero-order valence-corrected chi connectivity index (χ0v) is 17.6. The molecule has 0 aromatic carbocycles. The Morgan fingerprint density at radius 1 is 1.46 bits per heavy atom.